The van der Waals surface area contributed by atoms with Crippen LogP contribution in [-0.4, -0.2) is 4.57 Å². The Hall–Kier alpha value is -5.60. The molecule has 2 heteroatoms. The van der Waals surface area contributed by atoms with Gasteiger partial charge in [-0.1, -0.05) is 140 Å². The van der Waals surface area contributed by atoms with E-state index in [1.807, 2.05) is 0 Å². The van der Waals surface area contributed by atoms with E-state index in [1.54, 1.807) is 0 Å². The molecule has 0 N–H and O–H groups in total. The van der Waals surface area contributed by atoms with E-state index < -0.39 is 0 Å². The van der Waals surface area contributed by atoms with Gasteiger partial charge in [-0.25, -0.2) is 0 Å². The highest BCUT2D eigenvalue weighted by molar-refractivity contribution is 6.16. The third-order valence-electron chi connectivity index (χ3n) is 10.5. The largest absolute Gasteiger partial charge is 0.343 e. The van der Waals surface area contributed by atoms with Gasteiger partial charge in [0.15, 0.2) is 0 Å². The van der Waals surface area contributed by atoms with Crippen LogP contribution in [0.5, 0.6) is 0 Å². The maximum absolute atomic E-state index is 2.47. The van der Waals surface area contributed by atoms with Crippen LogP contribution in [0.3, 0.4) is 0 Å². The van der Waals surface area contributed by atoms with Gasteiger partial charge in [0.05, 0.1) is 22.4 Å². The zero-order chi connectivity index (χ0) is 31.5. The number of hydrogen-bond donors (Lipinski definition) is 0. The van der Waals surface area contributed by atoms with Gasteiger partial charge >= 0.3 is 0 Å². The Morgan fingerprint density at radius 1 is 0.511 bits per heavy atom. The minimum Gasteiger partial charge on any atom is -0.343 e. The Bertz CT molecular complexity index is 2360. The van der Waals surface area contributed by atoms with Gasteiger partial charge in [0.1, 0.15) is 0 Å². The SMILES string of the molecule is CC1c2ccccc2/C=C\c2c(ccc3c4ccc5c(c4n(C)c23)C=Cc2ccccc2N5c2ccccc2)C1Cc1ccccc1. The first-order valence-corrected chi connectivity index (χ1v) is 16.7. The van der Waals surface area contributed by atoms with Crippen molar-refractivity contribution in [3.8, 4) is 0 Å². The van der Waals surface area contributed by atoms with E-state index in [-0.39, 0.29) is 0 Å². The van der Waals surface area contributed by atoms with Gasteiger partial charge in [-0.3, -0.25) is 0 Å². The third-order valence-corrected chi connectivity index (χ3v) is 10.5. The van der Waals surface area contributed by atoms with Gasteiger partial charge in [0.25, 0.3) is 0 Å². The lowest BCUT2D eigenvalue weighted by atomic mass is 9.74. The Labute approximate surface area is 276 Å². The van der Waals surface area contributed by atoms with E-state index in [9.17, 15) is 0 Å². The van der Waals surface area contributed by atoms with Crippen molar-refractivity contribution in [2.45, 2.75) is 25.2 Å². The van der Waals surface area contributed by atoms with Crippen LogP contribution in [0.1, 0.15) is 57.7 Å². The number of aryl methyl sites for hydroxylation is 1. The molecule has 2 nitrogen and oxygen atoms in total. The summed E-state index contributed by atoms with van der Waals surface area (Å²) in [7, 11) is 2.26. The van der Waals surface area contributed by atoms with Crippen molar-refractivity contribution in [2.24, 2.45) is 7.05 Å². The number of hydrogen-bond acceptors (Lipinski definition) is 1. The minimum atomic E-state index is 0.334. The molecular weight excluding hydrogens is 569 g/mol. The number of anilines is 3. The van der Waals surface area contributed by atoms with E-state index >= 15 is 0 Å². The molecule has 7 aromatic rings. The van der Waals surface area contributed by atoms with E-state index in [4.69, 9.17) is 0 Å². The van der Waals surface area contributed by atoms with Crippen LogP contribution in [-0.2, 0) is 13.5 Å². The molecule has 0 radical (unpaired) electrons. The van der Waals surface area contributed by atoms with E-state index in [1.165, 1.54) is 72.1 Å². The molecule has 2 unspecified atom stereocenters. The van der Waals surface area contributed by atoms with Gasteiger partial charge < -0.3 is 9.47 Å². The molecule has 47 heavy (non-hydrogen) atoms. The molecular formula is C45H36N2. The Kier molecular flexibility index (Phi) is 6.50. The summed E-state index contributed by atoms with van der Waals surface area (Å²) in [5.74, 6) is 0.695. The van der Waals surface area contributed by atoms with Crippen LogP contribution in [0.15, 0.2) is 133 Å². The van der Waals surface area contributed by atoms with E-state index in [0.717, 1.165) is 12.1 Å². The lowest BCUT2D eigenvalue weighted by molar-refractivity contribution is 0.570. The highest BCUT2D eigenvalue weighted by Crippen LogP contribution is 2.48. The predicted molar refractivity (Wildman–Crippen MR) is 201 cm³/mol. The summed E-state index contributed by atoms with van der Waals surface area (Å²) in [6.45, 7) is 2.42. The van der Waals surface area contributed by atoms with E-state index in [2.05, 4.69) is 181 Å². The first-order valence-electron chi connectivity index (χ1n) is 16.7. The van der Waals surface area contributed by atoms with Gasteiger partial charge in [0.2, 0.25) is 0 Å². The van der Waals surface area contributed by atoms with Crippen LogP contribution < -0.4 is 4.90 Å². The fraction of sp³-hybridized carbons (Fsp3) is 0.111. The number of nitrogens with zero attached hydrogens (tertiary/aromatic N) is 2. The second kappa shape index (κ2) is 11.0. The highest BCUT2D eigenvalue weighted by Gasteiger charge is 2.29. The molecule has 0 bridgehead atoms. The summed E-state index contributed by atoms with van der Waals surface area (Å²) in [4.78, 5) is 2.42. The highest BCUT2D eigenvalue weighted by atomic mass is 15.1. The molecule has 2 atom stereocenters. The van der Waals surface area contributed by atoms with Gasteiger partial charge in [0, 0.05) is 34.6 Å². The lowest BCUT2D eigenvalue weighted by Crippen LogP contribution is -2.15. The van der Waals surface area contributed by atoms with Gasteiger partial charge in [-0.15, -0.1) is 0 Å². The predicted octanol–water partition coefficient (Wildman–Crippen LogP) is 11.9. The summed E-state index contributed by atoms with van der Waals surface area (Å²) in [6, 6.07) is 48.9. The standard InChI is InChI=1S/C45H36N2/c1-30-35-19-11-9-15-32(35)21-23-37-36(41(30)29-31-13-5-3-6-14-31)25-26-38-39-27-28-43-40(45(39)46(2)44(37)38)24-22-33-16-10-12-20-42(33)47(43)34-17-7-4-8-18-34/h3-28,30,41H,29H2,1-2H3/b23-21-. The average molecular weight is 605 g/mol. The Morgan fingerprint density at radius 2 is 1.13 bits per heavy atom. The molecule has 1 aliphatic carbocycles. The van der Waals surface area contributed by atoms with E-state index in [0.29, 0.717) is 11.8 Å². The Morgan fingerprint density at radius 3 is 1.94 bits per heavy atom. The molecule has 0 amide bonds. The molecule has 1 aliphatic heterocycles. The van der Waals surface area contributed by atoms with Crippen LogP contribution in [0.25, 0.3) is 46.1 Å². The first-order chi connectivity index (χ1) is 23.2. The number of rotatable bonds is 3. The number of fused-ring (bicyclic) bond motifs is 9. The quantitative estimate of drug-likeness (QED) is 0.195. The normalized spacial score (nSPS) is 17.3. The molecule has 9 rings (SSSR count). The van der Waals surface area contributed by atoms with Crippen LogP contribution in [0.2, 0.25) is 0 Å². The second-order valence-corrected chi connectivity index (χ2v) is 13.0. The molecule has 0 spiro atoms. The number of para-hydroxylation sites is 2. The van der Waals surface area contributed by atoms with Crippen molar-refractivity contribution >= 4 is 63.2 Å². The van der Waals surface area contributed by atoms with Gasteiger partial charge in [-0.2, -0.15) is 0 Å². The van der Waals surface area contributed by atoms with Crippen molar-refractivity contribution in [2.75, 3.05) is 4.90 Å². The average Bonchev–Trinajstić information content (AvgIpc) is 3.30. The molecule has 1 aromatic heterocycles. The third kappa shape index (κ3) is 4.40. The zero-order valence-electron chi connectivity index (χ0n) is 26.8. The van der Waals surface area contributed by atoms with Crippen LogP contribution >= 0.6 is 0 Å². The Balaban J connectivity index is 1.32. The lowest BCUT2D eigenvalue weighted by Gasteiger charge is -2.30. The summed E-state index contributed by atoms with van der Waals surface area (Å²) in [6.07, 6.45) is 10.3. The smallest absolute Gasteiger partial charge is 0.0583 e. The maximum Gasteiger partial charge on any atom is 0.0583 e. The molecule has 2 aliphatic rings. The summed E-state index contributed by atoms with van der Waals surface area (Å²) in [5.41, 5.74) is 15.4. The molecule has 2 heterocycles. The van der Waals surface area contributed by atoms with Crippen molar-refractivity contribution in [1.29, 1.82) is 0 Å². The molecule has 6 aromatic carbocycles. The molecule has 0 fully saturated rings. The summed E-state index contributed by atoms with van der Waals surface area (Å²) < 4.78 is 2.47. The van der Waals surface area contributed by atoms with Crippen molar-refractivity contribution < 1.29 is 0 Å². The van der Waals surface area contributed by atoms with Crippen LogP contribution in [0, 0.1) is 0 Å². The zero-order valence-corrected chi connectivity index (χ0v) is 26.8. The summed E-state index contributed by atoms with van der Waals surface area (Å²) in [5, 5.41) is 2.59. The number of benzene rings is 6. The van der Waals surface area contributed by atoms with Crippen molar-refractivity contribution in [3.05, 3.63) is 172 Å². The second-order valence-electron chi connectivity index (χ2n) is 13.0. The minimum absolute atomic E-state index is 0.334. The molecule has 226 valence electrons. The first kappa shape index (κ1) is 27.7. The molecule has 0 saturated heterocycles. The van der Waals surface area contributed by atoms with Crippen LogP contribution in [0.4, 0.5) is 17.1 Å². The van der Waals surface area contributed by atoms with Crippen molar-refractivity contribution in [3.63, 3.8) is 0 Å². The maximum atomic E-state index is 2.47. The monoisotopic (exact) mass is 604 g/mol. The van der Waals surface area contributed by atoms with Crippen molar-refractivity contribution in [1.82, 2.24) is 4.57 Å². The summed E-state index contributed by atoms with van der Waals surface area (Å²) >= 11 is 0. The number of aromatic nitrogens is 1. The van der Waals surface area contributed by atoms with Gasteiger partial charge in [-0.05, 0) is 70.3 Å². The fourth-order valence-electron chi connectivity index (χ4n) is 8.23. The topological polar surface area (TPSA) is 8.17 Å². The fourth-order valence-corrected chi connectivity index (χ4v) is 8.23. The molecule has 0 saturated carbocycles.